The summed E-state index contributed by atoms with van der Waals surface area (Å²) in [7, 11) is 1.32. The number of nitrogens with one attached hydrogen (secondary N) is 1. The molecule has 3 nitrogen and oxygen atoms in total. The van der Waals surface area contributed by atoms with Crippen LogP contribution in [0.1, 0.15) is 6.42 Å². The highest BCUT2D eigenvalue weighted by atomic mass is 19.4. The Labute approximate surface area is 62.7 Å². The van der Waals surface area contributed by atoms with Crippen LogP contribution in [0, 0.1) is 0 Å². The van der Waals surface area contributed by atoms with E-state index in [1.165, 1.54) is 7.11 Å². The van der Waals surface area contributed by atoms with Gasteiger partial charge in [-0.15, -0.1) is 0 Å². The Morgan fingerprint density at radius 1 is 1.55 bits per heavy atom. The monoisotopic (exact) mass is 172 g/mol. The van der Waals surface area contributed by atoms with Crippen molar-refractivity contribution >= 4 is 0 Å². The van der Waals surface area contributed by atoms with Crippen molar-refractivity contribution in [3.8, 4) is 0 Å². The molecule has 0 saturated carbocycles. The number of ether oxygens (including phenoxy) is 1. The first-order valence-corrected chi connectivity index (χ1v) is 3.01. The summed E-state index contributed by atoms with van der Waals surface area (Å²) in [5.41, 5.74) is 2.01. The van der Waals surface area contributed by atoms with Gasteiger partial charge in [-0.1, -0.05) is 0 Å². The van der Waals surface area contributed by atoms with E-state index in [1.54, 1.807) is 0 Å². The fraction of sp³-hybridized carbons (Fsp3) is 1.00. The van der Waals surface area contributed by atoms with Crippen LogP contribution in [-0.4, -0.2) is 25.9 Å². The van der Waals surface area contributed by atoms with Gasteiger partial charge in [0, 0.05) is 7.11 Å². The van der Waals surface area contributed by atoms with Gasteiger partial charge in [0.05, 0.1) is 19.1 Å². The van der Waals surface area contributed by atoms with Crippen LogP contribution in [0.4, 0.5) is 13.2 Å². The lowest BCUT2D eigenvalue weighted by Crippen LogP contribution is -2.41. The highest BCUT2D eigenvalue weighted by Crippen LogP contribution is 2.21. The summed E-state index contributed by atoms with van der Waals surface area (Å²) >= 11 is 0. The van der Waals surface area contributed by atoms with Crippen LogP contribution in [0.2, 0.25) is 0 Å². The number of halogens is 3. The lowest BCUT2D eigenvalue weighted by molar-refractivity contribution is -0.142. The SMILES string of the molecule is COCC(CC(F)(F)F)NN. The van der Waals surface area contributed by atoms with Crippen molar-refractivity contribution in [3.05, 3.63) is 0 Å². The summed E-state index contributed by atoms with van der Waals surface area (Å²) < 4.78 is 39.5. The van der Waals surface area contributed by atoms with Crippen LogP contribution >= 0.6 is 0 Å². The van der Waals surface area contributed by atoms with Crippen molar-refractivity contribution in [1.82, 2.24) is 5.43 Å². The molecular formula is C5H11F3N2O. The Morgan fingerprint density at radius 2 is 2.09 bits per heavy atom. The first-order chi connectivity index (χ1) is 4.99. The average Bonchev–Trinajstić information content (AvgIpc) is 1.84. The fourth-order valence-corrected chi connectivity index (χ4v) is 0.647. The molecule has 0 aromatic carbocycles. The minimum absolute atomic E-state index is 0.0456. The third-order valence-corrected chi connectivity index (χ3v) is 1.08. The van der Waals surface area contributed by atoms with E-state index in [4.69, 9.17) is 5.84 Å². The third-order valence-electron chi connectivity index (χ3n) is 1.08. The quantitative estimate of drug-likeness (QED) is 0.477. The van der Waals surface area contributed by atoms with Crippen molar-refractivity contribution in [2.45, 2.75) is 18.6 Å². The predicted molar refractivity (Wildman–Crippen MR) is 33.7 cm³/mol. The molecule has 1 atom stereocenters. The molecule has 68 valence electrons. The molecule has 0 radical (unpaired) electrons. The second kappa shape index (κ2) is 4.53. The van der Waals surface area contributed by atoms with Gasteiger partial charge in [-0.2, -0.15) is 13.2 Å². The maximum absolute atomic E-state index is 11.7. The molecule has 0 bridgehead atoms. The number of nitrogens with two attached hydrogens (primary N) is 1. The maximum atomic E-state index is 11.7. The van der Waals surface area contributed by atoms with Crippen molar-refractivity contribution in [2.75, 3.05) is 13.7 Å². The Hall–Kier alpha value is -0.330. The van der Waals surface area contributed by atoms with Gasteiger partial charge >= 0.3 is 6.18 Å². The Balaban J connectivity index is 3.68. The molecule has 0 heterocycles. The average molecular weight is 172 g/mol. The number of methoxy groups -OCH3 is 1. The summed E-state index contributed by atoms with van der Waals surface area (Å²) in [4.78, 5) is 0. The Kier molecular flexibility index (Phi) is 4.39. The molecule has 0 fully saturated rings. The van der Waals surface area contributed by atoms with Crippen LogP contribution < -0.4 is 11.3 Å². The Morgan fingerprint density at radius 3 is 2.36 bits per heavy atom. The van der Waals surface area contributed by atoms with Gasteiger partial charge in [0.1, 0.15) is 0 Å². The van der Waals surface area contributed by atoms with E-state index >= 15 is 0 Å². The summed E-state index contributed by atoms with van der Waals surface area (Å²) in [6, 6.07) is -0.861. The molecule has 0 aliphatic rings. The first-order valence-electron chi connectivity index (χ1n) is 3.01. The van der Waals surface area contributed by atoms with E-state index < -0.39 is 18.6 Å². The van der Waals surface area contributed by atoms with Crippen LogP contribution in [0.3, 0.4) is 0 Å². The largest absolute Gasteiger partial charge is 0.390 e. The Bertz CT molecular complexity index is 106. The van der Waals surface area contributed by atoms with Crippen molar-refractivity contribution in [1.29, 1.82) is 0 Å². The normalized spacial score (nSPS) is 15.0. The zero-order valence-corrected chi connectivity index (χ0v) is 6.11. The molecule has 0 spiro atoms. The standard InChI is InChI=1S/C5H11F3N2O/c1-11-3-4(10-9)2-5(6,7)8/h4,10H,2-3,9H2,1H3. The molecule has 0 saturated heterocycles. The molecule has 0 rings (SSSR count). The zero-order valence-electron chi connectivity index (χ0n) is 6.11. The van der Waals surface area contributed by atoms with Crippen LogP contribution in [0.5, 0.6) is 0 Å². The smallest absolute Gasteiger partial charge is 0.383 e. The minimum Gasteiger partial charge on any atom is -0.383 e. The fourth-order valence-electron chi connectivity index (χ4n) is 0.647. The van der Waals surface area contributed by atoms with E-state index in [1.807, 2.05) is 5.43 Å². The molecule has 0 aliphatic heterocycles. The minimum atomic E-state index is -4.20. The van der Waals surface area contributed by atoms with Crippen LogP contribution in [-0.2, 0) is 4.74 Å². The van der Waals surface area contributed by atoms with E-state index in [-0.39, 0.29) is 6.61 Å². The highest BCUT2D eigenvalue weighted by Gasteiger charge is 2.31. The van der Waals surface area contributed by atoms with Crippen LogP contribution in [0.25, 0.3) is 0 Å². The molecule has 6 heteroatoms. The zero-order chi connectivity index (χ0) is 8.91. The van der Waals surface area contributed by atoms with Gasteiger partial charge in [-0.05, 0) is 0 Å². The number of hydrazine groups is 1. The topological polar surface area (TPSA) is 47.3 Å². The third kappa shape index (κ3) is 6.08. The maximum Gasteiger partial charge on any atom is 0.390 e. The first kappa shape index (κ1) is 10.7. The van der Waals surface area contributed by atoms with Gasteiger partial charge in [0.25, 0.3) is 0 Å². The lowest BCUT2D eigenvalue weighted by atomic mass is 10.2. The molecule has 11 heavy (non-hydrogen) atoms. The summed E-state index contributed by atoms with van der Waals surface area (Å²) in [6.45, 7) is -0.0456. The van der Waals surface area contributed by atoms with Gasteiger partial charge in [0.2, 0.25) is 0 Å². The van der Waals surface area contributed by atoms with Crippen molar-refractivity contribution in [2.24, 2.45) is 5.84 Å². The highest BCUT2D eigenvalue weighted by molar-refractivity contribution is 4.66. The molecule has 1 unspecified atom stereocenters. The molecular weight excluding hydrogens is 161 g/mol. The van der Waals surface area contributed by atoms with Crippen LogP contribution in [0.15, 0.2) is 0 Å². The number of hydrogen-bond acceptors (Lipinski definition) is 3. The van der Waals surface area contributed by atoms with Crippen molar-refractivity contribution in [3.63, 3.8) is 0 Å². The van der Waals surface area contributed by atoms with E-state index in [0.717, 1.165) is 0 Å². The van der Waals surface area contributed by atoms with Gasteiger partial charge in [-0.25, -0.2) is 0 Å². The molecule has 0 amide bonds. The molecule has 3 N–H and O–H groups in total. The number of hydrogen-bond donors (Lipinski definition) is 2. The van der Waals surface area contributed by atoms with E-state index in [2.05, 4.69) is 4.74 Å². The summed E-state index contributed by atoms with van der Waals surface area (Å²) in [6.07, 6.45) is -5.17. The van der Waals surface area contributed by atoms with Gasteiger partial charge in [-0.3, -0.25) is 11.3 Å². The predicted octanol–water partition coefficient (Wildman–Crippen LogP) is 0.417. The van der Waals surface area contributed by atoms with Crippen molar-refractivity contribution < 1.29 is 17.9 Å². The number of alkyl halides is 3. The van der Waals surface area contributed by atoms with Gasteiger partial charge in [0.15, 0.2) is 0 Å². The second-order valence-corrected chi connectivity index (χ2v) is 2.14. The lowest BCUT2D eigenvalue weighted by Gasteiger charge is -2.16. The summed E-state index contributed by atoms with van der Waals surface area (Å²) in [5, 5.41) is 0. The molecule has 0 aromatic heterocycles. The van der Waals surface area contributed by atoms with E-state index in [0.29, 0.717) is 0 Å². The molecule has 0 aromatic rings. The van der Waals surface area contributed by atoms with Gasteiger partial charge < -0.3 is 4.74 Å². The second-order valence-electron chi connectivity index (χ2n) is 2.14. The van der Waals surface area contributed by atoms with E-state index in [9.17, 15) is 13.2 Å². The molecule has 0 aliphatic carbocycles. The number of rotatable bonds is 4. The summed E-state index contributed by atoms with van der Waals surface area (Å²) in [5.74, 6) is 4.84.